The second-order valence-corrected chi connectivity index (χ2v) is 8.65. The van der Waals surface area contributed by atoms with Crippen molar-refractivity contribution in [3.8, 4) is 0 Å². The Labute approximate surface area is 179 Å². The van der Waals surface area contributed by atoms with Crippen molar-refractivity contribution >= 4 is 64.2 Å². The Balaban J connectivity index is 1.66. The molecule has 32 heavy (non-hydrogen) atoms. The number of halogens is 6. The summed E-state index contributed by atoms with van der Waals surface area (Å²) in [4.78, 5) is 0. The quantitative estimate of drug-likeness (QED) is 0.206. The summed E-state index contributed by atoms with van der Waals surface area (Å²) in [5, 5.41) is 3.60. The van der Waals surface area contributed by atoms with Gasteiger partial charge in [0.25, 0.3) is 0 Å². The molecule has 2 heterocycles. The lowest BCUT2D eigenvalue weighted by atomic mass is 10.0. The van der Waals surface area contributed by atoms with E-state index < -0.39 is 23.5 Å². The lowest BCUT2D eigenvalue weighted by Crippen LogP contribution is -2.03. The van der Waals surface area contributed by atoms with Gasteiger partial charge in [0.05, 0.1) is 11.1 Å². The molecule has 0 spiro atoms. The van der Waals surface area contributed by atoms with Crippen LogP contribution in [0.25, 0.3) is 52.9 Å². The van der Waals surface area contributed by atoms with Crippen LogP contribution in [0.3, 0.4) is 0 Å². The third-order valence-corrected chi connectivity index (χ3v) is 6.94. The summed E-state index contributed by atoms with van der Waals surface area (Å²) in [7, 11) is 0. The fraction of sp³-hybridized carbons (Fsp3) is 0.0833. The summed E-state index contributed by atoms with van der Waals surface area (Å²) >= 11 is 1.37. The molecule has 0 saturated heterocycles. The predicted molar refractivity (Wildman–Crippen MR) is 114 cm³/mol. The second kappa shape index (κ2) is 6.16. The minimum Gasteiger partial charge on any atom is -0.455 e. The Morgan fingerprint density at radius 1 is 0.562 bits per heavy atom. The Morgan fingerprint density at radius 2 is 1.09 bits per heavy atom. The van der Waals surface area contributed by atoms with E-state index in [2.05, 4.69) is 0 Å². The highest BCUT2D eigenvalue weighted by molar-refractivity contribution is 7.26. The van der Waals surface area contributed by atoms with E-state index in [1.165, 1.54) is 23.5 Å². The molecule has 0 saturated carbocycles. The van der Waals surface area contributed by atoms with Crippen LogP contribution in [0.1, 0.15) is 11.1 Å². The molecule has 160 valence electrons. The summed E-state index contributed by atoms with van der Waals surface area (Å²) in [5.74, 6) is 0. The van der Waals surface area contributed by atoms with Gasteiger partial charge < -0.3 is 4.42 Å². The maximum atomic E-state index is 13.2. The molecule has 0 bridgehead atoms. The zero-order chi connectivity index (χ0) is 22.4. The van der Waals surface area contributed by atoms with E-state index >= 15 is 0 Å². The molecule has 2 aromatic heterocycles. The number of rotatable bonds is 0. The highest BCUT2D eigenvalue weighted by Crippen LogP contribution is 2.44. The number of alkyl halides is 6. The average Bonchev–Trinajstić information content (AvgIpc) is 3.29. The van der Waals surface area contributed by atoms with Crippen molar-refractivity contribution in [2.75, 3.05) is 0 Å². The van der Waals surface area contributed by atoms with Crippen molar-refractivity contribution in [2.24, 2.45) is 0 Å². The molecule has 0 atom stereocenters. The van der Waals surface area contributed by atoms with Crippen molar-refractivity contribution in [1.82, 2.24) is 0 Å². The monoisotopic (exact) mass is 460 g/mol. The third-order valence-electron chi connectivity index (χ3n) is 5.72. The van der Waals surface area contributed by atoms with E-state index in [1.807, 2.05) is 0 Å². The van der Waals surface area contributed by atoms with E-state index in [0.717, 1.165) is 39.1 Å². The molecule has 0 fully saturated rings. The van der Waals surface area contributed by atoms with Crippen LogP contribution in [0.4, 0.5) is 26.3 Å². The van der Waals surface area contributed by atoms with Crippen LogP contribution in [0.2, 0.25) is 0 Å². The Hall–Kier alpha value is -3.26. The van der Waals surface area contributed by atoms with Crippen molar-refractivity contribution in [1.29, 1.82) is 0 Å². The summed E-state index contributed by atoms with van der Waals surface area (Å²) in [6.45, 7) is 0. The summed E-state index contributed by atoms with van der Waals surface area (Å²) in [6, 6.07) is 14.0. The van der Waals surface area contributed by atoms with E-state index in [-0.39, 0.29) is 0 Å². The minimum atomic E-state index is -4.47. The van der Waals surface area contributed by atoms with Crippen LogP contribution in [-0.4, -0.2) is 0 Å². The molecule has 6 aromatic rings. The normalized spacial score (nSPS) is 13.3. The molecule has 0 unspecified atom stereocenters. The van der Waals surface area contributed by atoms with E-state index in [4.69, 9.17) is 4.42 Å². The first kappa shape index (κ1) is 19.4. The van der Waals surface area contributed by atoms with Crippen LogP contribution < -0.4 is 0 Å². The molecule has 8 heteroatoms. The zero-order valence-corrected chi connectivity index (χ0v) is 16.7. The van der Waals surface area contributed by atoms with Gasteiger partial charge in [0, 0.05) is 41.7 Å². The van der Waals surface area contributed by atoms with Gasteiger partial charge in [-0.1, -0.05) is 12.1 Å². The average molecular weight is 460 g/mol. The molecule has 4 aromatic carbocycles. The lowest BCUT2D eigenvalue weighted by Gasteiger charge is -2.06. The first-order chi connectivity index (χ1) is 15.1. The van der Waals surface area contributed by atoms with Crippen LogP contribution in [0.15, 0.2) is 65.1 Å². The van der Waals surface area contributed by atoms with Gasteiger partial charge in [0.2, 0.25) is 0 Å². The molecule has 0 aliphatic carbocycles. The van der Waals surface area contributed by atoms with Crippen molar-refractivity contribution in [3.63, 3.8) is 0 Å². The summed E-state index contributed by atoms with van der Waals surface area (Å²) in [5.41, 5.74) is -0.676. The van der Waals surface area contributed by atoms with Crippen LogP contribution in [0.5, 0.6) is 0 Å². The number of furan rings is 1. The van der Waals surface area contributed by atoms with Gasteiger partial charge in [0.1, 0.15) is 11.2 Å². The lowest BCUT2D eigenvalue weighted by molar-refractivity contribution is -0.138. The van der Waals surface area contributed by atoms with Gasteiger partial charge in [-0.15, -0.1) is 11.3 Å². The Kier molecular flexibility index (Phi) is 3.74. The Morgan fingerprint density at radius 3 is 1.75 bits per heavy atom. The highest BCUT2D eigenvalue weighted by atomic mass is 32.1. The molecule has 0 aliphatic heterocycles. The minimum absolute atomic E-state index is 0.340. The topological polar surface area (TPSA) is 13.1 Å². The SMILES string of the molecule is FC(F)(F)c1ccc2oc3c(ccc4c3ccc3c5cc(C(F)(F)F)ccc5sc34)c2c1. The largest absolute Gasteiger partial charge is 0.455 e. The first-order valence-electron chi connectivity index (χ1n) is 9.50. The molecule has 0 amide bonds. The van der Waals surface area contributed by atoms with Gasteiger partial charge >= 0.3 is 12.4 Å². The third kappa shape index (κ3) is 2.72. The number of benzene rings is 4. The number of hydrogen-bond donors (Lipinski definition) is 0. The predicted octanol–water partition coefficient (Wildman–Crippen LogP) is 9.14. The van der Waals surface area contributed by atoms with Crippen molar-refractivity contribution in [2.45, 2.75) is 12.4 Å². The highest BCUT2D eigenvalue weighted by Gasteiger charge is 2.32. The molecule has 0 N–H and O–H groups in total. The van der Waals surface area contributed by atoms with Gasteiger partial charge in [-0.2, -0.15) is 26.3 Å². The van der Waals surface area contributed by atoms with E-state index in [9.17, 15) is 26.3 Å². The summed E-state index contributed by atoms with van der Waals surface area (Å²) < 4.78 is 86.4. The maximum absolute atomic E-state index is 13.2. The summed E-state index contributed by atoms with van der Waals surface area (Å²) in [6.07, 6.45) is -8.90. The molecule has 0 radical (unpaired) electrons. The van der Waals surface area contributed by atoms with Gasteiger partial charge in [-0.25, -0.2) is 0 Å². The fourth-order valence-electron chi connectivity index (χ4n) is 4.23. The molecular formula is C24H10F6OS. The molecule has 6 rings (SSSR count). The number of hydrogen-bond acceptors (Lipinski definition) is 2. The standard InChI is InChI=1S/C24H10F6OS/c25-23(26,27)11-1-7-19-17(9-11)14-4-5-15-13(21(14)31-19)3-6-16-18-10-12(24(28,29)30)2-8-20(18)32-22(15)16/h1-10H. The number of thiophene rings is 1. The van der Waals surface area contributed by atoms with Gasteiger partial charge in [-0.3, -0.25) is 0 Å². The van der Waals surface area contributed by atoms with Gasteiger partial charge in [-0.05, 0) is 48.5 Å². The molecule has 1 nitrogen and oxygen atoms in total. The Bertz CT molecular complexity index is 1570. The smallest absolute Gasteiger partial charge is 0.416 e. The van der Waals surface area contributed by atoms with Gasteiger partial charge in [0.15, 0.2) is 0 Å². The first-order valence-corrected chi connectivity index (χ1v) is 10.3. The second-order valence-electron chi connectivity index (χ2n) is 7.60. The molecule has 0 aliphatic rings. The van der Waals surface area contributed by atoms with Crippen molar-refractivity contribution < 1.29 is 30.8 Å². The van der Waals surface area contributed by atoms with Crippen LogP contribution in [0, 0.1) is 0 Å². The van der Waals surface area contributed by atoms with Crippen LogP contribution >= 0.6 is 11.3 Å². The van der Waals surface area contributed by atoms with E-state index in [0.29, 0.717) is 38.1 Å². The maximum Gasteiger partial charge on any atom is 0.416 e. The number of fused-ring (bicyclic) bond motifs is 9. The van der Waals surface area contributed by atoms with E-state index in [1.54, 1.807) is 24.3 Å². The molecular weight excluding hydrogens is 450 g/mol. The van der Waals surface area contributed by atoms with Crippen LogP contribution in [-0.2, 0) is 12.4 Å². The van der Waals surface area contributed by atoms with Crippen molar-refractivity contribution in [3.05, 3.63) is 71.8 Å². The fourth-order valence-corrected chi connectivity index (χ4v) is 5.44. The zero-order valence-electron chi connectivity index (χ0n) is 15.9.